The molecule has 1 rings (SSSR count). The summed E-state index contributed by atoms with van der Waals surface area (Å²) in [5.74, 6) is 0.827. The highest BCUT2D eigenvalue weighted by molar-refractivity contribution is 5.75. The number of rotatable bonds is 8. The molecule has 1 unspecified atom stereocenters. The normalized spacial score (nSPS) is 12.0. The van der Waals surface area contributed by atoms with E-state index in [4.69, 9.17) is 9.84 Å². The van der Waals surface area contributed by atoms with Crippen LogP contribution in [0.3, 0.4) is 0 Å². The maximum absolute atomic E-state index is 11.6. The van der Waals surface area contributed by atoms with Gasteiger partial charge in [-0.15, -0.1) is 0 Å². The second-order valence-corrected chi connectivity index (χ2v) is 5.14. The van der Waals surface area contributed by atoms with Crippen LogP contribution in [0.15, 0.2) is 18.2 Å². The molecule has 0 aliphatic carbocycles. The van der Waals surface area contributed by atoms with E-state index in [-0.39, 0.29) is 12.0 Å². The van der Waals surface area contributed by atoms with Crippen molar-refractivity contribution in [2.75, 3.05) is 13.2 Å². The summed E-state index contributed by atoms with van der Waals surface area (Å²) in [5, 5.41) is 11.9. The molecule has 1 atom stereocenters. The molecular formula is C16H25NO3. The van der Waals surface area contributed by atoms with Crippen molar-refractivity contribution in [1.29, 1.82) is 0 Å². The molecule has 0 bridgehead atoms. The average Bonchev–Trinajstić information content (AvgIpc) is 2.39. The third-order valence-electron chi connectivity index (χ3n) is 3.26. The zero-order valence-corrected chi connectivity index (χ0v) is 12.6. The van der Waals surface area contributed by atoms with Crippen LogP contribution in [0, 0.1) is 13.8 Å². The predicted octanol–water partition coefficient (Wildman–Crippen LogP) is 2.35. The van der Waals surface area contributed by atoms with Crippen LogP contribution in [-0.4, -0.2) is 30.3 Å². The van der Waals surface area contributed by atoms with E-state index in [1.54, 1.807) is 6.92 Å². The Morgan fingerprint density at radius 2 is 2.15 bits per heavy atom. The van der Waals surface area contributed by atoms with E-state index in [0.717, 1.165) is 17.7 Å². The lowest BCUT2D eigenvalue weighted by Crippen LogP contribution is -2.26. The number of aliphatic hydroxyl groups is 1. The van der Waals surface area contributed by atoms with Gasteiger partial charge in [0.1, 0.15) is 5.75 Å². The Morgan fingerprint density at radius 3 is 2.85 bits per heavy atom. The molecule has 1 amide bonds. The Balaban J connectivity index is 2.20. The van der Waals surface area contributed by atoms with E-state index in [0.29, 0.717) is 26.0 Å². The summed E-state index contributed by atoms with van der Waals surface area (Å²) in [5.41, 5.74) is 2.30. The van der Waals surface area contributed by atoms with Crippen LogP contribution < -0.4 is 10.1 Å². The Bertz CT molecular complexity index is 430. The zero-order valence-electron chi connectivity index (χ0n) is 12.6. The minimum Gasteiger partial charge on any atom is -0.493 e. The van der Waals surface area contributed by atoms with Gasteiger partial charge >= 0.3 is 0 Å². The van der Waals surface area contributed by atoms with E-state index >= 15 is 0 Å². The van der Waals surface area contributed by atoms with Gasteiger partial charge < -0.3 is 15.2 Å². The van der Waals surface area contributed by atoms with Crippen LogP contribution in [-0.2, 0) is 4.79 Å². The van der Waals surface area contributed by atoms with Crippen LogP contribution in [0.2, 0.25) is 0 Å². The van der Waals surface area contributed by atoms with Crippen molar-refractivity contribution in [3.05, 3.63) is 29.3 Å². The summed E-state index contributed by atoms with van der Waals surface area (Å²) in [6, 6.07) is 5.91. The zero-order chi connectivity index (χ0) is 15.0. The molecule has 20 heavy (non-hydrogen) atoms. The van der Waals surface area contributed by atoms with Gasteiger partial charge in [-0.3, -0.25) is 4.79 Å². The van der Waals surface area contributed by atoms with Crippen LogP contribution in [0.1, 0.15) is 37.3 Å². The summed E-state index contributed by atoms with van der Waals surface area (Å²) in [7, 11) is 0. The van der Waals surface area contributed by atoms with E-state index in [2.05, 4.69) is 5.32 Å². The van der Waals surface area contributed by atoms with Gasteiger partial charge in [0.25, 0.3) is 0 Å². The smallest absolute Gasteiger partial charge is 0.223 e. The van der Waals surface area contributed by atoms with Crippen LogP contribution in [0.25, 0.3) is 0 Å². The Hall–Kier alpha value is -1.55. The fraction of sp³-hybridized carbons (Fsp3) is 0.562. The molecule has 0 fully saturated rings. The Labute approximate surface area is 121 Å². The number of aliphatic hydroxyl groups excluding tert-OH is 1. The topological polar surface area (TPSA) is 58.6 Å². The number of ether oxygens (including phenoxy) is 1. The van der Waals surface area contributed by atoms with E-state index in [1.807, 2.05) is 32.0 Å². The first kappa shape index (κ1) is 16.5. The van der Waals surface area contributed by atoms with Crippen molar-refractivity contribution in [2.45, 2.75) is 46.1 Å². The molecular weight excluding hydrogens is 254 g/mol. The first-order valence-electron chi connectivity index (χ1n) is 7.14. The van der Waals surface area contributed by atoms with Crippen LogP contribution in [0.5, 0.6) is 5.75 Å². The standard InChI is InChI=1S/C16H25NO3/c1-12-6-4-8-15(14(12)3)20-11-9-16(19)17-10-5-7-13(2)18/h4,6,8,13,18H,5,7,9-11H2,1-3H3,(H,17,19). The summed E-state index contributed by atoms with van der Waals surface area (Å²) in [6.45, 7) is 6.79. The predicted molar refractivity (Wildman–Crippen MR) is 80.0 cm³/mol. The molecule has 0 heterocycles. The highest BCUT2D eigenvalue weighted by Gasteiger charge is 2.04. The minimum absolute atomic E-state index is 0.0131. The number of aryl methyl sites for hydroxylation is 1. The fourth-order valence-electron chi connectivity index (χ4n) is 1.85. The molecule has 1 aromatic rings. The Morgan fingerprint density at radius 1 is 1.40 bits per heavy atom. The van der Waals surface area contributed by atoms with Crippen molar-refractivity contribution in [3.63, 3.8) is 0 Å². The number of amides is 1. The van der Waals surface area contributed by atoms with Crippen molar-refractivity contribution in [2.24, 2.45) is 0 Å². The van der Waals surface area contributed by atoms with Gasteiger partial charge in [-0.05, 0) is 50.8 Å². The number of hydrogen-bond donors (Lipinski definition) is 2. The highest BCUT2D eigenvalue weighted by Crippen LogP contribution is 2.20. The summed E-state index contributed by atoms with van der Waals surface area (Å²) in [4.78, 5) is 11.6. The summed E-state index contributed by atoms with van der Waals surface area (Å²) < 4.78 is 5.63. The summed E-state index contributed by atoms with van der Waals surface area (Å²) >= 11 is 0. The maximum Gasteiger partial charge on any atom is 0.223 e. The molecule has 0 aliphatic rings. The van der Waals surface area contributed by atoms with Crippen molar-refractivity contribution >= 4 is 5.91 Å². The molecule has 2 N–H and O–H groups in total. The first-order chi connectivity index (χ1) is 9.50. The molecule has 0 aromatic heterocycles. The fourth-order valence-corrected chi connectivity index (χ4v) is 1.85. The van der Waals surface area contributed by atoms with Gasteiger partial charge in [-0.25, -0.2) is 0 Å². The molecule has 1 aromatic carbocycles. The number of benzene rings is 1. The van der Waals surface area contributed by atoms with Gasteiger partial charge in [-0.1, -0.05) is 12.1 Å². The molecule has 4 heteroatoms. The monoisotopic (exact) mass is 279 g/mol. The number of carbonyl (C=O) groups excluding carboxylic acids is 1. The molecule has 0 aliphatic heterocycles. The lowest BCUT2D eigenvalue weighted by Gasteiger charge is -2.11. The largest absolute Gasteiger partial charge is 0.493 e. The number of carbonyl (C=O) groups is 1. The van der Waals surface area contributed by atoms with Crippen LogP contribution in [0.4, 0.5) is 0 Å². The lowest BCUT2D eigenvalue weighted by molar-refractivity contribution is -0.121. The average molecular weight is 279 g/mol. The molecule has 0 spiro atoms. The quantitative estimate of drug-likeness (QED) is 0.718. The van der Waals surface area contributed by atoms with Gasteiger partial charge in [0, 0.05) is 6.54 Å². The lowest BCUT2D eigenvalue weighted by atomic mass is 10.1. The second-order valence-electron chi connectivity index (χ2n) is 5.14. The molecule has 112 valence electrons. The first-order valence-corrected chi connectivity index (χ1v) is 7.14. The Kier molecular flexibility index (Phi) is 7.09. The second kappa shape index (κ2) is 8.59. The molecule has 0 saturated carbocycles. The van der Waals surface area contributed by atoms with E-state index in [1.165, 1.54) is 5.56 Å². The SMILES string of the molecule is Cc1cccc(OCCC(=O)NCCCC(C)O)c1C. The van der Waals surface area contributed by atoms with Crippen LogP contribution >= 0.6 is 0 Å². The summed E-state index contributed by atoms with van der Waals surface area (Å²) in [6.07, 6.45) is 1.54. The van der Waals surface area contributed by atoms with E-state index in [9.17, 15) is 4.79 Å². The van der Waals surface area contributed by atoms with E-state index < -0.39 is 0 Å². The van der Waals surface area contributed by atoms with Gasteiger partial charge in [-0.2, -0.15) is 0 Å². The third kappa shape index (κ3) is 6.06. The third-order valence-corrected chi connectivity index (χ3v) is 3.26. The molecule has 0 saturated heterocycles. The molecule has 4 nitrogen and oxygen atoms in total. The van der Waals surface area contributed by atoms with Crippen molar-refractivity contribution < 1.29 is 14.6 Å². The van der Waals surface area contributed by atoms with Gasteiger partial charge in [0.05, 0.1) is 19.1 Å². The molecule has 0 radical (unpaired) electrons. The number of hydrogen-bond acceptors (Lipinski definition) is 3. The van der Waals surface area contributed by atoms with Gasteiger partial charge in [0.15, 0.2) is 0 Å². The van der Waals surface area contributed by atoms with Crippen molar-refractivity contribution in [3.8, 4) is 5.75 Å². The maximum atomic E-state index is 11.6. The van der Waals surface area contributed by atoms with Gasteiger partial charge in [0.2, 0.25) is 5.91 Å². The minimum atomic E-state index is -0.306. The number of nitrogens with one attached hydrogen (secondary N) is 1. The highest BCUT2D eigenvalue weighted by atomic mass is 16.5. The van der Waals surface area contributed by atoms with Crippen molar-refractivity contribution in [1.82, 2.24) is 5.32 Å².